The van der Waals surface area contributed by atoms with Gasteiger partial charge in [-0.25, -0.2) is 0 Å². The van der Waals surface area contributed by atoms with Crippen molar-refractivity contribution < 1.29 is 9.21 Å². The lowest BCUT2D eigenvalue weighted by atomic mass is 9.95. The normalized spacial score (nSPS) is 12.1. The summed E-state index contributed by atoms with van der Waals surface area (Å²) in [7, 11) is 0. The van der Waals surface area contributed by atoms with Crippen LogP contribution in [0, 0.1) is 5.92 Å². The van der Waals surface area contributed by atoms with Gasteiger partial charge in [0, 0.05) is 12.4 Å². The first-order chi connectivity index (χ1) is 13.6. The first kappa shape index (κ1) is 20.1. The van der Waals surface area contributed by atoms with Crippen molar-refractivity contribution in [3.05, 3.63) is 59.9 Å². The molecular formula is C21H24N4O2S. The van der Waals surface area contributed by atoms with Crippen molar-refractivity contribution in [2.75, 3.05) is 5.75 Å². The average molecular weight is 397 g/mol. The Morgan fingerprint density at radius 2 is 1.96 bits per heavy atom. The van der Waals surface area contributed by atoms with Gasteiger partial charge in [-0.15, -0.1) is 10.2 Å². The molecule has 1 atom stereocenters. The fourth-order valence-corrected chi connectivity index (χ4v) is 3.39. The summed E-state index contributed by atoms with van der Waals surface area (Å²) in [6.07, 6.45) is 4.34. The summed E-state index contributed by atoms with van der Waals surface area (Å²) in [6.45, 7) is 6.33. The molecule has 0 fully saturated rings. The van der Waals surface area contributed by atoms with Crippen LogP contribution in [0.1, 0.15) is 37.9 Å². The molecule has 0 aliphatic heterocycles. The molecule has 0 spiro atoms. The van der Waals surface area contributed by atoms with Crippen molar-refractivity contribution in [2.24, 2.45) is 5.92 Å². The summed E-state index contributed by atoms with van der Waals surface area (Å²) in [5.41, 5.74) is 3.15. The standard InChI is InChI=1S/C21H24N4O2S/c1-4-15-7-9-16(10-8-15)19(14(2)3)23-18(26)13-28-21-25-24-20(27-21)17-6-5-11-22-12-17/h5-12,14,19H,4,13H2,1-3H3,(H,23,26)/t19-/m1/s1. The summed E-state index contributed by atoms with van der Waals surface area (Å²) < 4.78 is 5.60. The molecule has 6 nitrogen and oxygen atoms in total. The van der Waals surface area contributed by atoms with E-state index in [9.17, 15) is 4.79 Å². The largest absolute Gasteiger partial charge is 0.411 e. The van der Waals surface area contributed by atoms with E-state index in [1.54, 1.807) is 18.5 Å². The number of benzene rings is 1. The molecular weight excluding hydrogens is 372 g/mol. The number of nitrogens with zero attached hydrogens (tertiary/aromatic N) is 3. The summed E-state index contributed by atoms with van der Waals surface area (Å²) in [6, 6.07) is 12.0. The van der Waals surface area contributed by atoms with Crippen molar-refractivity contribution in [2.45, 2.75) is 38.5 Å². The quantitative estimate of drug-likeness (QED) is 0.572. The molecule has 3 aromatic rings. The lowest BCUT2D eigenvalue weighted by molar-refractivity contribution is -0.119. The summed E-state index contributed by atoms with van der Waals surface area (Å²) in [4.78, 5) is 16.5. The second-order valence-corrected chi connectivity index (χ2v) is 7.71. The zero-order chi connectivity index (χ0) is 19.9. The number of hydrogen-bond donors (Lipinski definition) is 1. The Morgan fingerprint density at radius 1 is 1.18 bits per heavy atom. The first-order valence-electron chi connectivity index (χ1n) is 9.31. The number of carbonyl (C=O) groups excluding carboxylic acids is 1. The number of hydrogen-bond acceptors (Lipinski definition) is 6. The van der Waals surface area contributed by atoms with Gasteiger partial charge in [0.05, 0.1) is 17.4 Å². The topological polar surface area (TPSA) is 80.9 Å². The molecule has 0 radical (unpaired) electrons. The van der Waals surface area contributed by atoms with E-state index in [-0.39, 0.29) is 23.6 Å². The lowest BCUT2D eigenvalue weighted by Gasteiger charge is -2.23. The van der Waals surface area contributed by atoms with Crippen molar-refractivity contribution >= 4 is 17.7 Å². The van der Waals surface area contributed by atoms with Crippen LogP contribution in [0.3, 0.4) is 0 Å². The summed E-state index contributed by atoms with van der Waals surface area (Å²) >= 11 is 1.23. The van der Waals surface area contributed by atoms with Crippen LogP contribution in [0.2, 0.25) is 0 Å². The SMILES string of the molecule is CCc1ccc([C@H](NC(=O)CSc2nnc(-c3cccnc3)o2)C(C)C)cc1. The zero-order valence-corrected chi connectivity index (χ0v) is 17.1. The predicted octanol–water partition coefficient (Wildman–Crippen LogP) is 4.30. The number of aromatic nitrogens is 3. The van der Waals surface area contributed by atoms with Crippen molar-refractivity contribution in [1.29, 1.82) is 0 Å². The van der Waals surface area contributed by atoms with Gasteiger partial charge in [0.1, 0.15) is 0 Å². The van der Waals surface area contributed by atoms with Crippen molar-refractivity contribution in [3.8, 4) is 11.5 Å². The van der Waals surface area contributed by atoms with Crippen molar-refractivity contribution in [1.82, 2.24) is 20.5 Å². The molecule has 3 rings (SSSR count). The van der Waals surface area contributed by atoms with Crippen LogP contribution >= 0.6 is 11.8 Å². The molecule has 2 heterocycles. The maximum absolute atomic E-state index is 12.5. The van der Waals surface area contributed by atoms with Crippen LogP contribution < -0.4 is 5.32 Å². The molecule has 1 aromatic carbocycles. The molecule has 0 saturated carbocycles. The molecule has 0 aliphatic carbocycles. The zero-order valence-electron chi connectivity index (χ0n) is 16.3. The van der Waals surface area contributed by atoms with E-state index in [0.717, 1.165) is 17.5 Å². The minimum Gasteiger partial charge on any atom is -0.411 e. The number of thioether (sulfide) groups is 1. The maximum Gasteiger partial charge on any atom is 0.277 e. The highest BCUT2D eigenvalue weighted by molar-refractivity contribution is 7.99. The Hall–Kier alpha value is -2.67. The van der Waals surface area contributed by atoms with Gasteiger partial charge in [-0.3, -0.25) is 9.78 Å². The molecule has 0 bridgehead atoms. The molecule has 1 amide bonds. The Bertz CT molecular complexity index is 894. The molecule has 7 heteroatoms. The first-order valence-corrected chi connectivity index (χ1v) is 10.3. The van der Waals surface area contributed by atoms with Gasteiger partial charge in [0.2, 0.25) is 11.8 Å². The Labute approximate surface area is 169 Å². The number of carbonyl (C=O) groups is 1. The molecule has 0 unspecified atom stereocenters. The third-order valence-corrected chi connectivity index (χ3v) is 5.19. The van der Waals surface area contributed by atoms with E-state index >= 15 is 0 Å². The third kappa shape index (κ3) is 5.19. The molecule has 1 N–H and O–H groups in total. The van der Waals surface area contributed by atoms with Gasteiger partial charge < -0.3 is 9.73 Å². The van der Waals surface area contributed by atoms with Crippen LogP contribution in [-0.2, 0) is 11.2 Å². The fraction of sp³-hybridized carbons (Fsp3) is 0.333. The smallest absolute Gasteiger partial charge is 0.277 e. The number of nitrogens with one attached hydrogen (secondary N) is 1. The average Bonchev–Trinajstić information content (AvgIpc) is 3.20. The van der Waals surface area contributed by atoms with Crippen molar-refractivity contribution in [3.63, 3.8) is 0 Å². The van der Waals surface area contributed by atoms with E-state index in [4.69, 9.17) is 4.42 Å². The monoisotopic (exact) mass is 396 g/mol. The molecule has 146 valence electrons. The van der Waals surface area contributed by atoms with Gasteiger partial charge in [-0.1, -0.05) is 56.8 Å². The highest BCUT2D eigenvalue weighted by atomic mass is 32.2. The Balaban J connectivity index is 1.58. The minimum absolute atomic E-state index is 0.0346. The summed E-state index contributed by atoms with van der Waals surface area (Å²) in [5, 5.41) is 11.5. The van der Waals surface area contributed by atoms with Crippen LogP contribution in [0.15, 0.2) is 58.4 Å². The number of rotatable bonds is 8. The highest BCUT2D eigenvalue weighted by Crippen LogP contribution is 2.24. The summed E-state index contributed by atoms with van der Waals surface area (Å²) in [5.74, 6) is 0.823. The minimum atomic E-state index is -0.0654. The van der Waals surface area contributed by atoms with Gasteiger partial charge in [0.25, 0.3) is 5.22 Å². The third-order valence-electron chi connectivity index (χ3n) is 4.37. The second-order valence-electron chi connectivity index (χ2n) is 6.79. The van der Waals surface area contributed by atoms with Crippen LogP contribution in [0.5, 0.6) is 0 Å². The lowest BCUT2D eigenvalue weighted by Crippen LogP contribution is -2.33. The van der Waals surface area contributed by atoms with E-state index in [1.807, 2.05) is 6.07 Å². The predicted molar refractivity (Wildman–Crippen MR) is 110 cm³/mol. The van der Waals surface area contributed by atoms with Gasteiger partial charge in [-0.2, -0.15) is 0 Å². The van der Waals surface area contributed by atoms with E-state index in [1.165, 1.54) is 17.3 Å². The van der Waals surface area contributed by atoms with Gasteiger partial charge in [-0.05, 0) is 35.6 Å². The second kappa shape index (κ2) is 9.50. The number of pyridine rings is 1. The van der Waals surface area contributed by atoms with Crippen LogP contribution in [0.25, 0.3) is 11.5 Å². The van der Waals surface area contributed by atoms with E-state index < -0.39 is 0 Å². The van der Waals surface area contributed by atoms with E-state index in [0.29, 0.717) is 11.1 Å². The van der Waals surface area contributed by atoms with Crippen LogP contribution in [0.4, 0.5) is 0 Å². The molecule has 0 saturated heterocycles. The fourth-order valence-electron chi connectivity index (χ4n) is 2.81. The Kier molecular flexibility index (Phi) is 6.81. The molecule has 28 heavy (non-hydrogen) atoms. The maximum atomic E-state index is 12.5. The van der Waals surface area contributed by atoms with Gasteiger partial charge >= 0.3 is 0 Å². The number of amides is 1. The van der Waals surface area contributed by atoms with E-state index in [2.05, 4.69) is 65.5 Å². The molecule has 2 aromatic heterocycles. The molecule has 0 aliphatic rings. The number of aryl methyl sites for hydroxylation is 1. The van der Waals surface area contributed by atoms with Gasteiger partial charge in [0.15, 0.2) is 0 Å². The Morgan fingerprint density at radius 3 is 2.61 bits per heavy atom. The van der Waals surface area contributed by atoms with Crippen LogP contribution in [-0.4, -0.2) is 26.8 Å². The highest BCUT2D eigenvalue weighted by Gasteiger charge is 2.19.